The molecule has 0 fully saturated rings. The Hall–Kier alpha value is -2.76. The van der Waals surface area contributed by atoms with Gasteiger partial charge in [0.1, 0.15) is 0 Å². The van der Waals surface area contributed by atoms with Gasteiger partial charge in [0.15, 0.2) is 5.82 Å². The van der Waals surface area contributed by atoms with Gasteiger partial charge in [-0.15, -0.1) is 5.10 Å². The number of benzene rings is 2. The molecule has 0 aliphatic rings. The summed E-state index contributed by atoms with van der Waals surface area (Å²) in [7, 11) is 0. The Morgan fingerprint density at radius 1 is 1.04 bits per heavy atom. The lowest BCUT2D eigenvalue weighted by Crippen LogP contribution is -2.23. The molecule has 0 atom stereocenters. The summed E-state index contributed by atoms with van der Waals surface area (Å²) in [5.74, 6) is 0.507. The van der Waals surface area contributed by atoms with E-state index in [2.05, 4.69) is 29.1 Å². The van der Waals surface area contributed by atoms with Crippen LogP contribution in [0, 0.1) is 0 Å². The summed E-state index contributed by atoms with van der Waals surface area (Å²) in [6.45, 7) is 2.12. The van der Waals surface area contributed by atoms with Crippen molar-refractivity contribution in [2.45, 2.75) is 13.3 Å². The fourth-order valence-corrected chi connectivity index (χ4v) is 3.71. The van der Waals surface area contributed by atoms with Crippen molar-refractivity contribution in [2.75, 3.05) is 0 Å². The largest absolute Gasteiger partial charge is 0.291 e. The van der Waals surface area contributed by atoms with E-state index in [4.69, 9.17) is 11.6 Å². The highest BCUT2D eigenvalue weighted by Crippen LogP contribution is 2.12. The van der Waals surface area contributed by atoms with E-state index in [1.54, 1.807) is 6.08 Å². The number of aromatic nitrogens is 3. The van der Waals surface area contributed by atoms with E-state index in [0.29, 0.717) is 20.3 Å². The van der Waals surface area contributed by atoms with Gasteiger partial charge < -0.3 is 0 Å². The Labute approximate surface area is 165 Å². The Morgan fingerprint density at radius 2 is 1.74 bits per heavy atom. The molecule has 6 heteroatoms. The third-order valence-corrected chi connectivity index (χ3v) is 5.39. The van der Waals surface area contributed by atoms with Crippen LogP contribution in [0.5, 0.6) is 0 Å². The van der Waals surface area contributed by atoms with E-state index in [1.807, 2.05) is 48.6 Å². The summed E-state index contributed by atoms with van der Waals surface area (Å²) >= 11 is 7.23. The lowest BCUT2D eigenvalue weighted by atomic mass is 10.1. The third-order valence-electron chi connectivity index (χ3n) is 4.18. The van der Waals surface area contributed by atoms with E-state index in [0.717, 1.165) is 17.5 Å². The van der Waals surface area contributed by atoms with Crippen molar-refractivity contribution in [1.82, 2.24) is 14.6 Å². The van der Waals surface area contributed by atoms with Crippen LogP contribution < -0.4 is 10.1 Å². The highest BCUT2D eigenvalue weighted by Gasteiger charge is 2.08. The van der Waals surface area contributed by atoms with Crippen molar-refractivity contribution in [3.05, 3.63) is 91.0 Å². The molecule has 0 amide bonds. The average Bonchev–Trinajstić information content (AvgIpc) is 3.21. The molecule has 0 saturated carbocycles. The first-order chi connectivity index (χ1) is 13.1. The monoisotopic (exact) mass is 393 g/mol. The van der Waals surface area contributed by atoms with Crippen molar-refractivity contribution < 1.29 is 0 Å². The first kappa shape index (κ1) is 17.6. The van der Waals surface area contributed by atoms with Crippen LogP contribution in [-0.2, 0) is 6.42 Å². The first-order valence-corrected chi connectivity index (χ1v) is 9.76. The van der Waals surface area contributed by atoms with Crippen LogP contribution >= 0.6 is 22.9 Å². The second kappa shape index (κ2) is 7.47. The molecule has 0 bridgehead atoms. The van der Waals surface area contributed by atoms with Gasteiger partial charge in [0.25, 0.3) is 5.56 Å². The summed E-state index contributed by atoms with van der Waals surface area (Å²) < 4.78 is 1.99. The zero-order valence-corrected chi connectivity index (χ0v) is 16.2. The fraction of sp³-hybridized carbons (Fsp3) is 0.0952. The van der Waals surface area contributed by atoms with Crippen LogP contribution in [0.2, 0.25) is 5.02 Å². The number of rotatable bonds is 4. The quantitative estimate of drug-likeness (QED) is 0.524. The van der Waals surface area contributed by atoms with E-state index in [1.165, 1.54) is 21.4 Å². The van der Waals surface area contributed by atoms with Crippen LogP contribution in [0.1, 0.15) is 29.4 Å². The average molecular weight is 394 g/mol. The maximum absolute atomic E-state index is 12.6. The number of fused-ring (bicyclic) bond motifs is 1. The summed E-state index contributed by atoms with van der Waals surface area (Å²) in [5.41, 5.74) is 3.11. The number of hydrogen-bond donors (Lipinski definition) is 0. The second-order valence-electron chi connectivity index (χ2n) is 6.06. The summed E-state index contributed by atoms with van der Waals surface area (Å²) in [5, 5.41) is 5.00. The molecular weight excluding hydrogens is 378 g/mol. The lowest BCUT2D eigenvalue weighted by molar-refractivity contribution is 0.925. The van der Waals surface area contributed by atoms with Gasteiger partial charge in [-0.2, -0.15) is 9.50 Å². The molecule has 2 heterocycles. The smallest absolute Gasteiger partial charge is 0.266 e. The Bertz CT molecular complexity index is 1220. The Morgan fingerprint density at radius 3 is 2.41 bits per heavy atom. The van der Waals surface area contributed by atoms with Crippen LogP contribution in [0.4, 0.5) is 0 Å². The lowest BCUT2D eigenvalue weighted by Gasteiger charge is -1.96. The van der Waals surface area contributed by atoms with Gasteiger partial charge in [-0.3, -0.25) is 4.79 Å². The summed E-state index contributed by atoms with van der Waals surface area (Å²) in [6.07, 6.45) is 6.56. The molecular formula is C21H16ClN3OS. The Kier molecular flexibility index (Phi) is 4.88. The van der Waals surface area contributed by atoms with Crippen molar-refractivity contribution in [3.63, 3.8) is 0 Å². The maximum atomic E-state index is 12.6. The second-order valence-corrected chi connectivity index (χ2v) is 7.51. The van der Waals surface area contributed by atoms with E-state index in [-0.39, 0.29) is 5.56 Å². The minimum absolute atomic E-state index is 0.145. The molecule has 0 N–H and O–H groups in total. The maximum Gasteiger partial charge on any atom is 0.291 e. The zero-order valence-electron chi connectivity index (χ0n) is 14.6. The molecule has 0 aliphatic carbocycles. The van der Waals surface area contributed by atoms with Gasteiger partial charge in [0.05, 0.1) is 4.53 Å². The number of halogens is 1. The molecule has 134 valence electrons. The van der Waals surface area contributed by atoms with E-state index in [9.17, 15) is 4.79 Å². The van der Waals surface area contributed by atoms with Crippen LogP contribution in [0.15, 0.2) is 53.3 Å². The third kappa shape index (κ3) is 3.84. The Balaban J connectivity index is 1.64. The molecule has 2 aromatic carbocycles. The molecule has 4 rings (SSSR count). The summed E-state index contributed by atoms with van der Waals surface area (Å²) in [4.78, 5) is 17.6. The topological polar surface area (TPSA) is 47.3 Å². The van der Waals surface area contributed by atoms with Gasteiger partial charge in [0.2, 0.25) is 4.96 Å². The van der Waals surface area contributed by atoms with E-state index < -0.39 is 0 Å². The highest BCUT2D eigenvalue weighted by molar-refractivity contribution is 7.15. The standard InChI is InChI=1S/C21H16ClN3OS/c1-2-14-3-5-16(6-4-14)13-18-20(26)25-21(27-18)23-19(24-25)12-9-15-7-10-17(22)11-8-15/h3-13H,2H2,1H3. The SMILES string of the molecule is CCc1ccc(C=c2sc3nc(C=Cc4ccc(Cl)cc4)nn3c2=O)cc1. The predicted octanol–water partition coefficient (Wildman–Crippen LogP) is 4.08. The molecule has 0 radical (unpaired) electrons. The fourth-order valence-electron chi connectivity index (χ4n) is 2.67. The molecule has 0 aliphatic heterocycles. The minimum atomic E-state index is -0.145. The van der Waals surface area contributed by atoms with Gasteiger partial charge in [-0.05, 0) is 47.4 Å². The molecule has 2 aromatic heterocycles. The molecule has 0 unspecified atom stereocenters. The molecule has 0 spiro atoms. The normalized spacial score (nSPS) is 12.4. The van der Waals surface area contributed by atoms with Crippen LogP contribution in [0.25, 0.3) is 23.2 Å². The van der Waals surface area contributed by atoms with E-state index >= 15 is 0 Å². The van der Waals surface area contributed by atoms with Crippen molar-refractivity contribution in [2.24, 2.45) is 0 Å². The van der Waals surface area contributed by atoms with Crippen molar-refractivity contribution in [3.8, 4) is 0 Å². The predicted molar refractivity (Wildman–Crippen MR) is 112 cm³/mol. The van der Waals surface area contributed by atoms with Gasteiger partial charge in [-0.25, -0.2) is 0 Å². The van der Waals surface area contributed by atoms with Crippen LogP contribution in [-0.4, -0.2) is 14.6 Å². The van der Waals surface area contributed by atoms with Crippen LogP contribution in [0.3, 0.4) is 0 Å². The molecule has 4 aromatic rings. The number of nitrogens with zero attached hydrogens (tertiary/aromatic N) is 3. The van der Waals surface area contributed by atoms with Gasteiger partial charge in [-0.1, -0.05) is 72.3 Å². The highest BCUT2D eigenvalue weighted by atomic mass is 35.5. The number of aryl methyl sites for hydroxylation is 1. The molecule has 0 saturated heterocycles. The van der Waals surface area contributed by atoms with Gasteiger partial charge >= 0.3 is 0 Å². The minimum Gasteiger partial charge on any atom is -0.266 e. The zero-order chi connectivity index (χ0) is 18.8. The van der Waals surface area contributed by atoms with Crippen molar-refractivity contribution in [1.29, 1.82) is 0 Å². The van der Waals surface area contributed by atoms with Gasteiger partial charge in [0, 0.05) is 5.02 Å². The van der Waals surface area contributed by atoms with Crippen molar-refractivity contribution >= 4 is 46.1 Å². The molecule has 4 nitrogen and oxygen atoms in total. The summed E-state index contributed by atoms with van der Waals surface area (Å²) in [6, 6.07) is 15.7. The number of hydrogen-bond acceptors (Lipinski definition) is 4. The molecule has 27 heavy (non-hydrogen) atoms. The number of thiazole rings is 1. The first-order valence-electron chi connectivity index (χ1n) is 8.56.